The molecule has 1 heterocycles. The molecule has 2 rings (SSSR count). The fourth-order valence-electron chi connectivity index (χ4n) is 1.89. The zero-order chi connectivity index (χ0) is 10.7. The SMILES string of the molecule is COC(=O)C1(c2ccccc2)CNCN1. The van der Waals surface area contributed by atoms with E-state index in [-0.39, 0.29) is 5.97 Å². The molecule has 0 radical (unpaired) electrons. The molecule has 2 N–H and O–H groups in total. The topological polar surface area (TPSA) is 50.4 Å². The third-order valence-electron chi connectivity index (χ3n) is 2.71. The van der Waals surface area contributed by atoms with Crippen molar-refractivity contribution in [3.8, 4) is 0 Å². The molecule has 1 fully saturated rings. The highest BCUT2D eigenvalue weighted by atomic mass is 16.5. The lowest BCUT2D eigenvalue weighted by Gasteiger charge is -2.25. The Morgan fingerprint density at radius 3 is 2.67 bits per heavy atom. The van der Waals surface area contributed by atoms with Crippen molar-refractivity contribution in [1.82, 2.24) is 10.6 Å². The van der Waals surface area contributed by atoms with Crippen LogP contribution in [0.1, 0.15) is 5.56 Å². The average Bonchev–Trinajstić information content (AvgIpc) is 2.79. The van der Waals surface area contributed by atoms with Gasteiger partial charge in [0.15, 0.2) is 5.54 Å². The van der Waals surface area contributed by atoms with Gasteiger partial charge in [-0.25, -0.2) is 4.79 Å². The predicted molar refractivity (Wildman–Crippen MR) is 56.1 cm³/mol. The van der Waals surface area contributed by atoms with Crippen molar-refractivity contribution in [3.63, 3.8) is 0 Å². The molecular weight excluding hydrogens is 192 g/mol. The highest BCUT2D eigenvalue weighted by Gasteiger charge is 2.43. The van der Waals surface area contributed by atoms with Crippen molar-refractivity contribution in [1.29, 1.82) is 0 Å². The molecule has 1 saturated heterocycles. The molecule has 0 spiro atoms. The second-order valence-corrected chi connectivity index (χ2v) is 3.54. The number of carbonyl (C=O) groups excluding carboxylic acids is 1. The smallest absolute Gasteiger partial charge is 0.332 e. The molecule has 1 unspecified atom stereocenters. The Balaban J connectivity index is 2.39. The molecule has 0 aromatic heterocycles. The van der Waals surface area contributed by atoms with Crippen LogP contribution in [-0.2, 0) is 15.1 Å². The van der Waals surface area contributed by atoms with E-state index in [1.807, 2.05) is 30.3 Å². The molecule has 1 aromatic rings. The maximum absolute atomic E-state index is 11.8. The standard InChI is InChI=1S/C11H14N2O2/c1-15-10(14)11(7-12-8-13-11)9-5-3-2-4-6-9/h2-6,12-13H,7-8H2,1H3. The number of methoxy groups -OCH3 is 1. The van der Waals surface area contributed by atoms with Crippen LogP contribution in [0.2, 0.25) is 0 Å². The lowest BCUT2D eigenvalue weighted by Crippen LogP contribution is -2.47. The van der Waals surface area contributed by atoms with E-state index in [2.05, 4.69) is 10.6 Å². The van der Waals surface area contributed by atoms with Crippen molar-refractivity contribution >= 4 is 5.97 Å². The highest BCUT2D eigenvalue weighted by molar-refractivity contribution is 5.83. The van der Waals surface area contributed by atoms with Gasteiger partial charge in [0.05, 0.1) is 7.11 Å². The first-order valence-electron chi connectivity index (χ1n) is 4.89. The number of esters is 1. The van der Waals surface area contributed by atoms with Gasteiger partial charge < -0.3 is 10.1 Å². The zero-order valence-electron chi connectivity index (χ0n) is 8.62. The van der Waals surface area contributed by atoms with Crippen LogP contribution in [0.4, 0.5) is 0 Å². The van der Waals surface area contributed by atoms with E-state index in [1.165, 1.54) is 7.11 Å². The van der Waals surface area contributed by atoms with Crippen LogP contribution in [0.25, 0.3) is 0 Å². The first-order valence-corrected chi connectivity index (χ1v) is 4.89. The Morgan fingerprint density at radius 2 is 2.13 bits per heavy atom. The van der Waals surface area contributed by atoms with Gasteiger partial charge in [-0.05, 0) is 5.56 Å². The van der Waals surface area contributed by atoms with Gasteiger partial charge in [-0.3, -0.25) is 5.32 Å². The number of ether oxygens (including phenoxy) is 1. The van der Waals surface area contributed by atoms with E-state index in [4.69, 9.17) is 4.74 Å². The summed E-state index contributed by atoms with van der Waals surface area (Å²) in [7, 11) is 1.41. The van der Waals surface area contributed by atoms with Gasteiger partial charge in [-0.15, -0.1) is 0 Å². The molecule has 0 bridgehead atoms. The quantitative estimate of drug-likeness (QED) is 0.679. The number of hydrogen-bond donors (Lipinski definition) is 2. The summed E-state index contributed by atoms with van der Waals surface area (Å²) in [6, 6.07) is 9.62. The van der Waals surface area contributed by atoms with Crippen LogP contribution in [0, 0.1) is 0 Å². The minimum atomic E-state index is -0.726. The maximum atomic E-state index is 11.8. The molecule has 1 aromatic carbocycles. The molecule has 0 amide bonds. The third kappa shape index (κ3) is 1.62. The van der Waals surface area contributed by atoms with Gasteiger partial charge >= 0.3 is 5.97 Å². The molecule has 1 aliphatic rings. The van der Waals surface area contributed by atoms with Crippen molar-refractivity contribution in [2.24, 2.45) is 0 Å². The van der Waals surface area contributed by atoms with E-state index in [9.17, 15) is 4.79 Å². The van der Waals surface area contributed by atoms with Crippen LogP contribution in [0.3, 0.4) is 0 Å². The highest BCUT2D eigenvalue weighted by Crippen LogP contribution is 2.24. The Kier molecular flexibility index (Phi) is 2.70. The molecule has 0 saturated carbocycles. The van der Waals surface area contributed by atoms with Gasteiger partial charge in [0.2, 0.25) is 0 Å². The number of carbonyl (C=O) groups is 1. The predicted octanol–water partition coefficient (Wildman–Crippen LogP) is 0.205. The summed E-state index contributed by atoms with van der Waals surface area (Å²) in [6.07, 6.45) is 0. The lowest BCUT2D eigenvalue weighted by atomic mass is 9.91. The van der Waals surface area contributed by atoms with Crippen LogP contribution < -0.4 is 10.6 Å². The van der Waals surface area contributed by atoms with Crippen molar-refractivity contribution in [2.75, 3.05) is 20.3 Å². The first-order chi connectivity index (χ1) is 7.29. The summed E-state index contributed by atoms with van der Waals surface area (Å²) < 4.78 is 4.85. The van der Waals surface area contributed by atoms with Crippen LogP contribution in [0.5, 0.6) is 0 Å². The molecule has 1 aliphatic heterocycles. The minimum Gasteiger partial charge on any atom is -0.467 e. The monoisotopic (exact) mass is 206 g/mol. The number of rotatable bonds is 2. The summed E-state index contributed by atoms with van der Waals surface area (Å²) in [5.41, 5.74) is 0.206. The molecule has 0 aliphatic carbocycles. The van der Waals surface area contributed by atoms with E-state index in [0.717, 1.165) is 5.56 Å². The summed E-state index contributed by atoms with van der Waals surface area (Å²) in [4.78, 5) is 11.8. The third-order valence-corrected chi connectivity index (χ3v) is 2.71. The van der Waals surface area contributed by atoms with Crippen LogP contribution in [-0.4, -0.2) is 26.3 Å². The summed E-state index contributed by atoms with van der Waals surface area (Å²) in [6.45, 7) is 1.17. The van der Waals surface area contributed by atoms with Crippen molar-refractivity contribution in [2.45, 2.75) is 5.54 Å². The first kappa shape index (κ1) is 10.1. The fourth-order valence-corrected chi connectivity index (χ4v) is 1.89. The van der Waals surface area contributed by atoms with Crippen LogP contribution >= 0.6 is 0 Å². The average molecular weight is 206 g/mol. The molecule has 4 nitrogen and oxygen atoms in total. The Hall–Kier alpha value is -1.39. The van der Waals surface area contributed by atoms with Crippen molar-refractivity contribution in [3.05, 3.63) is 35.9 Å². The Morgan fingerprint density at radius 1 is 1.40 bits per heavy atom. The van der Waals surface area contributed by atoms with E-state index in [1.54, 1.807) is 0 Å². The van der Waals surface area contributed by atoms with E-state index >= 15 is 0 Å². The molecule has 4 heteroatoms. The normalized spacial score (nSPS) is 25.1. The number of nitrogens with one attached hydrogen (secondary N) is 2. The lowest BCUT2D eigenvalue weighted by molar-refractivity contribution is -0.147. The van der Waals surface area contributed by atoms with Crippen LogP contribution in [0.15, 0.2) is 30.3 Å². The van der Waals surface area contributed by atoms with Gasteiger partial charge in [0.25, 0.3) is 0 Å². The van der Waals surface area contributed by atoms with Gasteiger partial charge in [0.1, 0.15) is 0 Å². The molecular formula is C11H14N2O2. The summed E-state index contributed by atoms with van der Waals surface area (Å²) >= 11 is 0. The second kappa shape index (κ2) is 4.00. The molecule has 1 atom stereocenters. The maximum Gasteiger partial charge on any atom is 0.332 e. The van der Waals surface area contributed by atoms with E-state index < -0.39 is 5.54 Å². The van der Waals surface area contributed by atoms with E-state index in [0.29, 0.717) is 13.2 Å². The Bertz CT molecular complexity index is 345. The Labute approximate surface area is 88.6 Å². The zero-order valence-corrected chi connectivity index (χ0v) is 8.62. The molecule has 15 heavy (non-hydrogen) atoms. The van der Waals surface area contributed by atoms with Gasteiger partial charge in [-0.2, -0.15) is 0 Å². The largest absolute Gasteiger partial charge is 0.467 e. The number of hydrogen-bond acceptors (Lipinski definition) is 4. The minimum absolute atomic E-state index is 0.251. The van der Waals surface area contributed by atoms with Crippen molar-refractivity contribution < 1.29 is 9.53 Å². The van der Waals surface area contributed by atoms with Gasteiger partial charge in [0, 0.05) is 13.2 Å². The fraction of sp³-hybridized carbons (Fsp3) is 0.364. The summed E-state index contributed by atoms with van der Waals surface area (Å²) in [5, 5.41) is 6.27. The molecule has 80 valence electrons. The number of benzene rings is 1. The second-order valence-electron chi connectivity index (χ2n) is 3.54. The van der Waals surface area contributed by atoms with Gasteiger partial charge in [-0.1, -0.05) is 30.3 Å². The summed E-state index contributed by atoms with van der Waals surface area (Å²) in [5.74, 6) is -0.251.